The summed E-state index contributed by atoms with van der Waals surface area (Å²) in [7, 11) is 0. The van der Waals surface area contributed by atoms with Crippen LogP contribution in [0.5, 0.6) is 11.5 Å². The molecule has 1 aliphatic heterocycles. The first-order chi connectivity index (χ1) is 16.7. The minimum Gasteiger partial charge on any atom is -0.507 e. The summed E-state index contributed by atoms with van der Waals surface area (Å²) in [6.45, 7) is 7.53. The molecule has 0 aliphatic carbocycles. The molecule has 3 aromatic rings. The number of phenols is 1. The Morgan fingerprint density at radius 3 is 2.71 bits per heavy atom. The normalized spacial score (nSPS) is 15.7. The van der Waals surface area contributed by atoms with Gasteiger partial charge in [0.2, 0.25) is 0 Å². The average Bonchev–Trinajstić information content (AvgIpc) is 3.10. The zero-order valence-corrected chi connectivity index (χ0v) is 22.1. The van der Waals surface area contributed by atoms with E-state index in [4.69, 9.17) is 9.47 Å². The zero-order valence-electron chi connectivity index (χ0n) is 19.7. The van der Waals surface area contributed by atoms with E-state index < -0.39 is 12.0 Å². The van der Waals surface area contributed by atoms with Crippen LogP contribution >= 0.6 is 27.3 Å². The Kier molecular flexibility index (Phi) is 7.28. The fourth-order valence-electron chi connectivity index (χ4n) is 3.92. The number of rotatable bonds is 6. The summed E-state index contributed by atoms with van der Waals surface area (Å²) in [5.74, 6) is 0.177. The van der Waals surface area contributed by atoms with Crippen molar-refractivity contribution in [3.8, 4) is 11.5 Å². The second-order valence-corrected chi connectivity index (χ2v) is 10.1. The van der Waals surface area contributed by atoms with E-state index >= 15 is 0 Å². The Morgan fingerprint density at radius 2 is 2.03 bits per heavy atom. The van der Waals surface area contributed by atoms with E-state index in [1.165, 1.54) is 15.9 Å². The van der Waals surface area contributed by atoms with E-state index in [0.717, 1.165) is 5.56 Å². The van der Waals surface area contributed by atoms with Crippen LogP contribution in [0.4, 0.5) is 0 Å². The Morgan fingerprint density at radius 1 is 1.29 bits per heavy atom. The Hall–Kier alpha value is -3.17. The number of hydrogen-bond donors (Lipinski definition) is 1. The van der Waals surface area contributed by atoms with Gasteiger partial charge in [-0.3, -0.25) is 9.36 Å². The zero-order chi connectivity index (χ0) is 25.3. The van der Waals surface area contributed by atoms with E-state index in [0.29, 0.717) is 36.4 Å². The number of esters is 1. The van der Waals surface area contributed by atoms with Gasteiger partial charge in [-0.2, -0.15) is 0 Å². The largest absolute Gasteiger partial charge is 0.507 e. The fourth-order valence-corrected chi connectivity index (χ4v) is 5.36. The predicted molar refractivity (Wildman–Crippen MR) is 138 cm³/mol. The van der Waals surface area contributed by atoms with Gasteiger partial charge in [-0.1, -0.05) is 35.6 Å². The molecule has 4 rings (SSSR count). The second-order valence-electron chi connectivity index (χ2n) is 8.22. The van der Waals surface area contributed by atoms with Gasteiger partial charge >= 0.3 is 5.97 Å². The summed E-state index contributed by atoms with van der Waals surface area (Å²) >= 11 is 4.55. The maximum atomic E-state index is 13.7. The molecule has 2 aromatic carbocycles. The first-order valence-electron chi connectivity index (χ1n) is 11.1. The number of fused-ring (bicyclic) bond motifs is 1. The maximum Gasteiger partial charge on any atom is 0.338 e. The SMILES string of the molecule is CCOC(=O)C1=C(C)N=c2s/c(=C/c3ccc(O)c(Br)c3)c(=O)n2[C@H]1c1ccccc1OC(C)C. The highest BCUT2D eigenvalue weighted by Crippen LogP contribution is 2.36. The molecule has 1 N–H and O–H groups in total. The van der Waals surface area contributed by atoms with Crippen LogP contribution in [0.25, 0.3) is 6.08 Å². The molecular weight excluding hydrogens is 532 g/mol. The number of carbonyl (C=O) groups excluding carboxylic acids is 1. The molecule has 182 valence electrons. The van der Waals surface area contributed by atoms with Gasteiger partial charge in [0.25, 0.3) is 5.56 Å². The quantitative estimate of drug-likeness (QED) is 0.462. The smallest absolute Gasteiger partial charge is 0.338 e. The predicted octanol–water partition coefficient (Wildman–Crippen LogP) is 4.05. The van der Waals surface area contributed by atoms with Crippen molar-refractivity contribution in [1.82, 2.24) is 4.57 Å². The molecule has 7 nitrogen and oxygen atoms in total. The molecule has 9 heteroatoms. The van der Waals surface area contributed by atoms with Crippen molar-refractivity contribution < 1.29 is 19.4 Å². The number of thiazole rings is 1. The van der Waals surface area contributed by atoms with Gasteiger partial charge in [0, 0.05) is 5.56 Å². The highest BCUT2D eigenvalue weighted by Gasteiger charge is 2.35. The Bertz CT molecular complexity index is 1500. The summed E-state index contributed by atoms with van der Waals surface area (Å²) in [5.41, 5.74) is 1.93. The van der Waals surface area contributed by atoms with Gasteiger partial charge in [-0.15, -0.1) is 0 Å². The summed E-state index contributed by atoms with van der Waals surface area (Å²) in [5, 5.41) is 9.80. The van der Waals surface area contributed by atoms with Crippen molar-refractivity contribution in [1.29, 1.82) is 0 Å². The van der Waals surface area contributed by atoms with Gasteiger partial charge in [-0.05, 0) is 73.5 Å². The van der Waals surface area contributed by atoms with Crippen LogP contribution < -0.4 is 19.6 Å². The number of phenolic OH excluding ortho intramolecular Hbond substituents is 1. The Labute approximate surface area is 214 Å². The highest BCUT2D eigenvalue weighted by molar-refractivity contribution is 9.10. The summed E-state index contributed by atoms with van der Waals surface area (Å²) < 4.78 is 13.9. The van der Waals surface area contributed by atoms with Gasteiger partial charge in [0.1, 0.15) is 17.5 Å². The molecule has 0 amide bonds. The molecule has 1 atom stereocenters. The lowest BCUT2D eigenvalue weighted by Gasteiger charge is -2.26. The minimum absolute atomic E-state index is 0.101. The lowest BCUT2D eigenvalue weighted by Crippen LogP contribution is -2.40. The summed E-state index contributed by atoms with van der Waals surface area (Å²) in [4.78, 5) is 31.9. The van der Waals surface area contributed by atoms with Crippen molar-refractivity contribution in [3.05, 3.63) is 89.0 Å². The topological polar surface area (TPSA) is 90.1 Å². The van der Waals surface area contributed by atoms with Crippen LogP contribution in [0.2, 0.25) is 0 Å². The maximum absolute atomic E-state index is 13.7. The molecule has 0 spiro atoms. The first kappa shape index (κ1) is 24.9. The van der Waals surface area contributed by atoms with Crippen LogP contribution in [0.1, 0.15) is 44.9 Å². The van der Waals surface area contributed by atoms with E-state index in [9.17, 15) is 14.7 Å². The number of para-hydroxylation sites is 1. The molecule has 35 heavy (non-hydrogen) atoms. The summed E-state index contributed by atoms with van der Waals surface area (Å²) in [6, 6.07) is 11.6. The molecule has 0 bridgehead atoms. The number of allylic oxidation sites excluding steroid dienone is 1. The van der Waals surface area contributed by atoms with Gasteiger partial charge < -0.3 is 14.6 Å². The van der Waals surface area contributed by atoms with Crippen molar-refractivity contribution in [3.63, 3.8) is 0 Å². The van der Waals surface area contributed by atoms with Crippen molar-refractivity contribution in [2.24, 2.45) is 4.99 Å². The number of hydrogen-bond acceptors (Lipinski definition) is 7. The third kappa shape index (κ3) is 4.97. The monoisotopic (exact) mass is 556 g/mol. The number of nitrogens with zero attached hydrogens (tertiary/aromatic N) is 2. The number of aromatic hydroxyl groups is 1. The lowest BCUT2D eigenvalue weighted by molar-refractivity contribution is -0.139. The highest BCUT2D eigenvalue weighted by atomic mass is 79.9. The molecule has 1 aromatic heterocycles. The fraction of sp³-hybridized carbons (Fsp3) is 0.269. The number of carbonyl (C=O) groups is 1. The van der Waals surface area contributed by atoms with E-state index in [-0.39, 0.29) is 24.0 Å². The van der Waals surface area contributed by atoms with Crippen LogP contribution in [0.3, 0.4) is 0 Å². The van der Waals surface area contributed by atoms with Crippen LogP contribution in [-0.2, 0) is 9.53 Å². The number of aromatic nitrogens is 1. The van der Waals surface area contributed by atoms with E-state index in [2.05, 4.69) is 20.9 Å². The summed E-state index contributed by atoms with van der Waals surface area (Å²) in [6.07, 6.45) is 1.64. The first-order valence-corrected chi connectivity index (χ1v) is 12.8. The molecule has 0 fully saturated rings. The third-order valence-corrected chi connectivity index (χ3v) is 6.98. The van der Waals surface area contributed by atoms with Crippen molar-refractivity contribution in [2.45, 2.75) is 39.8 Å². The van der Waals surface area contributed by atoms with E-state index in [1.54, 1.807) is 38.1 Å². The molecule has 0 saturated carbocycles. The molecule has 1 aliphatic rings. The number of benzene rings is 2. The van der Waals surface area contributed by atoms with Gasteiger partial charge in [0.05, 0.1) is 33.0 Å². The standard InChI is InChI=1S/C26H25BrN2O5S/c1-5-33-25(32)22-15(4)28-26-29(23(22)17-8-6-7-9-20(17)34-14(2)3)24(31)21(35-26)13-16-10-11-19(30)18(27)12-16/h6-14,23,30H,5H2,1-4H3/b21-13+/t23-/m0/s1. The molecule has 0 saturated heterocycles. The van der Waals surface area contributed by atoms with Crippen LogP contribution in [-0.4, -0.2) is 28.4 Å². The Balaban J connectivity index is 1.98. The third-order valence-electron chi connectivity index (χ3n) is 5.36. The lowest BCUT2D eigenvalue weighted by atomic mass is 9.95. The number of ether oxygens (including phenoxy) is 2. The number of halogens is 1. The molecule has 0 radical (unpaired) electrons. The minimum atomic E-state index is -0.756. The van der Waals surface area contributed by atoms with Crippen molar-refractivity contribution >= 4 is 39.3 Å². The van der Waals surface area contributed by atoms with Crippen LogP contribution in [0.15, 0.2) is 68.0 Å². The molecule has 2 heterocycles. The second kappa shape index (κ2) is 10.2. The molecule has 0 unspecified atom stereocenters. The van der Waals surface area contributed by atoms with Gasteiger partial charge in [0.15, 0.2) is 4.80 Å². The average molecular weight is 557 g/mol. The molecular formula is C26H25BrN2O5S. The van der Waals surface area contributed by atoms with Gasteiger partial charge in [-0.25, -0.2) is 9.79 Å². The van der Waals surface area contributed by atoms with E-state index in [1.807, 2.05) is 38.1 Å². The van der Waals surface area contributed by atoms with Crippen molar-refractivity contribution in [2.75, 3.05) is 6.61 Å². The van der Waals surface area contributed by atoms with Crippen LogP contribution in [0, 0.1) is 0 Å².